The van der Waals surface area contributed by atoms with Gasteiger partial charge in [0.1, 0.15) is 5.69 Å². The number of aromatic amines is 1. The van der Waals surface area contributed by atoms with Gasteiger partial charge in [0.25, 0.3) is 0 Å². The summed E-state index contributed by atoms with van der Waals surface area (Å²) in [7, 11) is 0. The molecule has 2 rings (SSSR count). The molecule has 0 saturated heterocycles. The highest BCUT2D eigenvalue weighted by molar-refractivity contribution is 9.10. The maximum Gasteiger partial charge on any atom is 0.133 e. The van der Waals surface area contributed by atoms with Gasteiger partial charge in [0.05, 0.1) is 5.52 Å². The molecule has 0 saturated carbocycles. The molecule has 0 aliphatic carbocycles. The van der Waals surface area contributed by atoms with Crippen LogP contribution in [0.3, 0.4) is 0 Å². The van der Waals surface area contributed by atoms with Crippen LogP contribution >= 0.6 is 15.9 Å². The van der Waals surface area contributed by atoms with Crippen molar-refractivity contribution >= 4 is 32.5 Å². The van der Waals surface area contributed by atoms with E-state index >= 15 is 0 Å². The van der Waals surface area contributed by atoms with Crippen LogP contribution < -0.4 is 0 Å². The lowest BCUT2D eigenvalue weighted by molar-refractivity contribution is 1.43. The maximum absolute atomic E-state index is 10.4. The van der Waals surface area contributed by atoms with Crippen LogP contribution in [-0.4, -0.2) is 4.98 Å². The average Bonchev–Trinajstić information content (AvgIpc) is 2.47. The molecule has 0 aliphatic rings. The number of benzene rings is 1. The molecule has 0 fully saturated rings. The fraction of sp³-hybridized carbons (Fsp3) is 0.111. The lowest BCUT2D eigenvalue weighted by Crippen LogP contribution is -1.74. The second kappa shape index (κ2) is 2.96. The van der Waals surface area contributed by atoms with Gasteiger partial charge < -0.3 is 4.98 Å². The number of nitrogens with zero attached hydrogens (tertiary/aromatic N) is 1. The highest BCUT2D eigenvalue weighted by atomic mass is 79.9. The van der Waals surface area contributed by atoms with E-state index in [1.807, 2.05) is 19.1 Å². The van der Waals surface area contributed by atoms with Crippen LogP contribution in [0.5, 0.6) is 0 Å². The van der Waals surface area contributed by atoms with Crippen LogP contribution in [0.4, 0.5) is 5.69 Å². The van der Waals surface area contributed by atoms with Gasteiger partial charge in [-0.15, -0.1) is 4.91 Å². The standard InChI is InChI=1S/C9H7BrN2O/c1-5-2-6-8(12-13)4-11-9(6)7(10)3-5/h2-4,11H,1H3. The van der Waals surface area contributed by atoms with E-state index < -0.39 is 0 Å². The van der Waals surface area contributed by atoms with Gasteiger partial charge in [-0.05, 0) is 45.7 Å². The van der Waals surface area contributed by atoms with Crippen molar-refractivity contribution in [3.05, 3.63) is 33.3 Å². The SMILES string of the molecule is Cc1cc(Br)c2[nH]cc(N=O)c2c1. The molecule has 4 heteroatoms. The maximum atomic E-state index is 10.4. The summed E-state index contributed by atoms with van der Waals surface area (Å²) in [6.07, 6.45) is 1.61. The Hall–Kier alpha value is -1.16. The minimum Gasteiger partial charge on any atom is -0.358 e. The van der Waals surface area contributed by atoms with Crippen LogP contribution in [0.15, 0.2) is 28.0 Å². The van der Waals surface area contributed by atoms with Gasteiger partial charge in [-0.3, -0.25) is 0 Å². The topological polar surface area (TPSA) is 45.2 Å². The summed E-state index contributed by atoms with van der Waals surface area (Å²) >= 11 is 3.42. The van der Waals surface area contributed by atoms with E-state index in [0.717, 1.165) is 20.9 Å². The first-order valence-electron chi connectivity index (χ1n) is 3.83. The van der Waals surface area contributed by atoms with Crippen LogP contribution in [0.1, 0.15) is 5.56 Å². The van der Waals surface area contributed by atoms with Gasteiger partial charge in [0.2, 0.25) is 0 Å². The number of fused-ring (bicyclic) bond motifs is 1. The Morgan fingerprint density at radius 2 is 2.23 bits per heavy atom. The second-order valence-electron chi connectivity index (χ2n) is 2.93. The first-order valence-corrected chi connectivity index (χ1v) is 4.62. The minimum atomic E-state index is 0.458. The van der Waals surface area contributed by atoms with Crippen molar-refractivity contribution in [2.45, 2.75) is 6.92 Å². The fourth-order valence-electron chi connectivity index (χ4n) is 1.38. The third-order valence-electron chi connectivity index (χ3n) is 1.96. The first kappa shape index (κ1) is 8.44. The number of nitrogens with one attached hydrogen (secondary N) is 1. The summed E-state index contributed by atoms with van der Waals surface area (Å²) in [5, 5.41) is 3.80. The van der Waals surface area contributed by atoms with E-state index in [9.17, 15) is 4.91 Å². The molecule has 0 aliphatic heterocycles. The Kier molecular flexibility index (Phi) is 1.92. The quantitative estimate of drug-likeness (QED) is 0.758. The van der Waals surface area contributed by atoms with Crippen molar-refractivity contribution in [1.29, 1.82) is 0 Å². The molecule has 0 atom stereocenters. The molecule has 2 aromatic rings. The normalized spacial score (nSPS) is 10.6. The highest BCUT2D eigenvalue weighted by Gasteiger charge is 2.06. The summed E-state index contributed by atoms with van der Waals surface area (Å²) in [6, 6.07) is 3.93. The molecule has 13 heavy (non-hydrogen) atoms. The Labute approximate surface area is 83.2 Å². The van der Waals surface area contributed by atoms with E-state index in [4.69, 9.17) is 0 Å². The van der Waals surface area contributed by atoms with E-state index in [0.29, 0.717) is 5.69 Å². The van der Waals surface area contributed by atoms with Gasteiger partial charge in [0, 0.05) is 16.1 Å². The third kappa shape index (κ3) is 1.27. The zero-order valence-electron chi connectivity index (χ0n) is 6.97. The molecule has 66 valence electrons. The van der Waals surface area contributed by atoms with E-state index in [1.165, 1.54) is 0 Å². The monoisotopic (exact) mass is 238 g/mol. The first-order chi connectivity index (χ1) is 6.22. The van der Waals surface area contributed by atoms with Gasteiger partial charge in [0.15, 0.2) is 0 Å². The Morgan fingerprint density at radius 3 is 2.92 bits per heavy atom. The lowest BCUT2D eigenvalue weighted by Gasteiger charge is -1.96. The number of rotatable bonds is 1. The zero-order valence-corrected chi connectivity index (χ0v) is 8.55. The molecule has 1 heterocycles. The second-order valence-corrected chi connectivity index (χ2v) is 3.79. The summed E-state index contributed by atoms with van der Waals surface area (Å²) in [5.74, 6) is 0. The van der Waals surface area contributed by atoms with Crippen LogP contribution in [0.2, 0.25) is 0 Å². The van der Waals surface area contributed by atoms with E-state index in [1.54, 1.807) is 6.20 Å². The van der Waals surface area contributed by atoms with Crippen molar-refractivity contribution in [1.82, 2.24) is 4.98 Å². The smallest absolute Gasteiger partial charge is 0.133 e. The largest absolute Gasteiger partial charge is 0.358 e. The zero-order chi connectivity index (χ0) is 9.42. The number of nitroso groups, excluding NO2 is 1. The molecular formula is C9H7BrN2O. The molecule has 1 aromatic carbocycles. The Morgan fingerprint density at radius 1 is 1.46 bits per heavy atom. The lowest BCUT2D eigenvalue weighted by atomic mass is 10.2. The van der Waals surface area contributed by atoms with Crippen molar-refractivity contribution in [2.24, 2.45) is 5.18 Å². The average molecular weight is 239 g/mol. The third-order valence-corrected chi connectivity index (χ3v) is 2.59. The number of hydrogen-bond donors (Lipinski definition) is 1. The molecular weight excluding hydrogens is 232 g/mol. The number of aryl methyl sites for hydroxylation is 1. The summed E-state index contributed by atoms with van der Waals surface area (Å²) in [5.41, 5.74) is 2.48. The van der Waals surface area contributed by atoms with Gasteiger partial charge in [-0.1, -0.05) is 0 Å². The molecule has 0 unspecified atom stereocenters. The molecule has 0 spiro atoms. The van der Waals surface area contributed by atoms with Crippen molar-refractivity contribution in [3.8, 4) is 0 Å². The molecule has 0 radical (unpaired) electrons. The molecule has 1 aromatic heterocycles. The summed E-state index contributed by atoms with van der Waals surface area (Å²) < 4.78 is 0.956. The summed E-state index contributed by atoms with van der Waals surface area (Å²) in [6.45, 7) is 1.98. The highest BCUT2D eigenvalue weighted by Crippen LogP contribution is 2.31. The predicted molar refractivity (Wildman–Crippen MR) is 56.2 cm³/mol. The van der Waals surface area contributed by atoms with Gasteiger partial charge in [-0.25, -0.2) is 0 Å². The fourth-order valence-corrected chi connectivity index (χ4v) is 2.07. The molecule has 0 bridgehead atoms. The number of aromatic nitrogens is 1. The molecule has 0 amide bonds. The predicted octanol–water partition coefficient (Wildman–Crippen LogP) is 3.64. The number of hydrogen-bond acceptors (Lipinski definition) is 2. The molecule has 1 N–H and O–H groups in total. The van der Waals surface area contributed by atoms with Gasteiger partial charge in [-0.2, -0.15) is 0 Å². The van der Waals surface area contributed by atoms with Crippen LogP contribution in [-0.2, 0) is 0 Å². The van der Waals surface area contributed by atoms with E-state index in [-0.39, 0.29) is 0 Å². The van der Waals surface area contributed by atoms with Crippen molar-refractivity contribution < 1.29 is 0 Å². The summed E-state index contributed by atoms with van der Waals surface area (Å²) in [4.78, 5) is 13.4. The minimum absolute atomic E-state index is 0.458. The molecule has 3 nitrogen and oxygen atoms in total. The van der Waals surface area contributed by atoms with Crippen molar-refractivity contribution in [2.75, 3.05) is 0 Å². The number of halogens is 1. The van der Waals surface area contributed by atoms with Crippen LogP contribution in [0.25, 0.3) is 10.9 Å². The van der Waals surface area contributed by atoms with Crippen LogP contribution in [0, 0.1) is 11.8 Å². The van der Waals surface area contributed by atoms with E-state index in [2.05, 4.69) is 26.1 Å². The van der Waals surface area contributed by atoms with Gasteiger partial charge >= 0.3 is 0 Å². The Bertz CT molecular complexity index is 476. The van der Waals surface area contributed by atoms with Crippen molar-refractivity contribution in [3.63, 3.8) is 0 Å². The number of H-pyrrole nitrogens is 1. The Balaban J connectivity index is 2.89.